The number of hydrogen-bond acceptors (Lipinski definition) is 4. The molecule has 24 heavy (non-hydrogen) atoms. The Kier molecular flexibility index (Phi) is 4.04. The first-order valence-electron chi connectivity index (χ1n) is 7.48. The monoisotopic (exact) mass is 324 g/mol. The van der Waals surface area contributed by atoms with Gasteiger partial charge in [0.2, 0.25) is 0 Å². The van der Waals surface area contributed by atoms with E-state index < -0.39 is 17.8 Å². The van der Waals surface area contributed by atoms with Crippen molar-refractivity contribution in [3.05, 3.63) is 53.6 Å². The second-order valence-electron chi connectivity index (χ2n) is 5.61. The highest BCUT2D eigenvalue weighted by Crippen LogP contribution is 2.32. The van der Waals surface area contributed by atoms with Gasteiger partial charge in [0, 0.05) is 11.3 Å². The van der Waals surface area contributed by atoms with Gasteiger partial charge in [-0.25, -0.2) is 0 Å². The van der Waals surface area contributed by atoms with Crippen molar-refractivity contribution in [2.75, 3.05) is 10.6 Å². The molecule has 2 aromatic carbocycles. The molecule has 0 aromatic heterocycles. The molecule has 1 aliphatic rings. The number of Topliss-reactive ketones (excluding diaryl/α,β-unsaturated/α-hetero) is 1. The van der Waals surface area contributed by atoms with Crippen LogP contribution in [0.3, 0.4) is 0 Å². The molecule has 122 valence electrons. The molecule has 1 heterocycles. The van der Waals surface area contributed by atoms with Crippen LogP contribution in [0.15, 0.2) is 42.5 Å². The first-order chi connectivity index (χ1) is 11.4. The molecule has 0 bridgehead atoms. The van der Waals surface area contributed by atoms with Crippen molar-refractivity contribution >= 4 is 29.0 Å². The van der Waals surface area contributed by atoms with E-state index in [-0.39, 0.29) is 5.91 Å². The maximum Gasteiger partial charge on any atom is 0.296 e. The van der Waals surface area contributed by atoms with Crippen molar-refractivity contribution in [2.45, 2.75) is 20.0 Å². The molecule has 6 nitrogen and oxygen atoms in total. The zero-order valence-electron chi connectivity index (χ0n) is 13.3. The summed E-state index contributed by atoms with van der Waals surface area (Å²) >= 11 is 0. The van der Waals surface area contributed by atoms with Crippen LogP contribution < -0.4 is 15.4 Å². The van der Waals surface area contributed by atoms with E-state index in [2.05, 4.69) is 10.6 Å². The lowest BCUT2D eigenvalue weighted by Crippen LogP contribution is -2.34. The number of anilines is 2. The van der Waals surface area contributed by atoms with Gasteiger partial charge in [0.1, 0.15) is 5.75 Å². The summed E-state index contributed by atoms with van der Waals surface area (Å²) in [4.78, 5) is 35.9. The SMILES string of the molecule is Cc1ccc(C(=O)C(=O)Nc2ccc3c(c2)NC(=O)C(C)O3)cc1. The van der Waals surface area contributed by atoms with Gasteiger partial charge in [-0.05, 0) is 32.0 Å². The summed E-state index contributed by atoms with van der Waals surface area (Å²) in [5.74, 6) is -1.11. The lowest BCUT2D eigenvalue weighted by atomic mass is 10.1. The minimum Gasteiger partial charge on any atom is -0.479 e. The Balaban J connectivity index is 1.75. The molecule has 0 spiro atoms. The molecule has 2 amide bonds. The van der Waals surface area contributed by atoms with Gasteiger partial charge in [0.15, 0.2) is 6.10 Å². The van der Waals surface area contributed by atoms with Crippen LogP contribution in [0, 0.1) is 6.92 Å². The van der Waals surface area contributed by atoms with Gasteiger partial charge in [-0.15, -0.1) is 0 Å². The Labute approximate surface area is 138 Å². The lowest BCUT2D eigenvalue weighted by Gasteiger charge is -2.23. The Bertz CT molecular complexity index is 827. The third kappa shape index (κ3) is 3.12. The highest BCUT2D eigenvalue weighted by molar-refractivity contribution is 6.46. The van der Waals surface area contributed by atoms with Gasteiger partial charge in [-0.3, -0.25) is 14.4 Å². The van der Waals surface area contributed by atoms with Crippen LogP contribution in [0.1, 0.15) is 22.8 Å². The van der Waals surface area contributed by atoms with Crippen LogP contribution in [0.4, 0.5) is 11.4 Å². The zero-order chi connectivity index (χ0) is 17.3. The fourth-order valence-corrected chi connectivity index (χ4v) is 2.31. The molecule has 1 atom stereocenters. The van der Waals surface area contributed by atoms with Gasteiger partial charge in [0.05, 0.1) is 5.69 Å². The van der Waals surface area contributed by atoms with Crippen LogP contribution in [0.2, 0.25) is 0 Å². The summed E-state index contributed by atoms with van der Waals surface area (Å²) in [5, 5.41) is 5.23. The molecule has 2 N–H and O–H groups in total. The number of ether oxygens (including phenoxy) is 1. The van der Waals surface area contributed by atoms with Crippen molar-refractivity contribution in [3.63, 3.8) is 0 Å². The summed E-state index contributed by atoms with van der Waals surface area (Å²) in [6.45, 7) is 3.55. The second kappa shape index (κ2) is 6.16. The molecule has 0 radical (unpaired) electrons. The average molecular weight is 324 g/mol. The van der Waals surface area contributed by atoms with E-state index in [4.69, 9.17) is 4.74 Å². The molecule has 1 unspecified atom stereocenters. The Morgan fingerprint density at radius 3 is 2.54 bits per heavy atom. The first-order valence-corrected chi connectivity index (χ1v) is 7.48. The molecule has 3 rings (SSSR count). The second-order valence-corrected chi connectivity index (χ2v) is 5.61. The highest BCUT2D eigenvalue weighted by atomic mass is 16.5. The van der Waals surface area contributed by atoms with E-state index in [9.17, 15) is 14.4 Å². The van der Waals surface area contributed by atoms with E-state index in [0.29, 0.717) is 22.7 Å². The van der Waals surface area contributed by atoms with Crippen molar-refractivity contribution in [3.8, 4) is 5.75 Å². The number of hydrogen-bond donors (Lipinski definition) is 2. The van der Waals surface area contributed by atoms with E-state index in [1.807, 2.05) is 6.92 Å². The van der Waals surface area contributed by atoms with Gasteiger partial charge < -0.3 is 15.4 Å². The lowest BCUT2D eigenvalue weighted by molar-refractivity contribution is -0.122. The van der Waals surface area contributed by atoms with Gasteiger partial charge in [-0.2, -0.15) is 0 Å². The van der Waals surface area contributed by atoms with Gasteiger partial charge >= 0.3 is 0 Å². The summed E-state index contributed by atoms with van der Waals surface area (Å²) < 4.78 is 5.44. The summed E-state index contributed by atoms with van der Waals surface area (Å²) in [5.41, 5.74) is 2.18. The van der Waals surface area contributed by atoms with E-state index >= 15 is 0 Å². The normalized spacial score (nSPS) is 15.8. The molecule has 0 fully saturated rings. The molecule has 6 heteroatoms. The predicted octanol–water partition coefficient (Wildman–Crippen LogP) is 2.54. The number of carbonyl (C=O) groups is 3. The fraction of sp³-hybridized carbons (Fsp3) is 0.167. The molecule has 2 aromatic rings. The first kappa shape index (κ1) is 15.7. The molecule has 1 aliphatic heterocycles. The Morgan fingerprint density at radius 2 is 1.83 bits per heavy atom. The fourth-order valence-electron chi connectivity index (χ4n) is 2.31. The average Bonchev–Trinajstić information content (AvgIpc) is 2.56. The topological polar surface area (TPSA) is 84.5 Å². The smallest absolute Gasteiger partial charge is 0.296 e. The summed E-state index contributed by atoms with van der Waals surface area (Å²) in [6.07, 6.45) is -0.568. The molecule has 0 aliphatic carbocycles. The van der Waals surface area contributed by atoms with Crippen molar-refractivity contribution < 1.29 is 19.1 Å². The zero-order valence-corrected chi connectivity index (χ0v) is 13.3. The quantitative estimate of drug-likeness (QED) is 0.671. The number of ketones is 1. The molecular weight excluding hydrogens is 308 g/mol. The maximum atomic E-state index is 12.1. The molecule has 0 saturated heterocycles. The van der Waals surface area contributed by atoms with E-state index in [1.165, 1.54) is 0 Å². The van der Waals surface area contributed by atoms with Crippen LogP contribution >= 0.6 is 0 Å². The molecule has 0 saturated carbocycles. The minimum absolute atomic E-state index is 0.262. The molecular formula is C18H16N2O4. The number of nitrogens with one attached hydrogen (secondary N) is 2. The maximum absolute atomic E-state index is 12.1. The highest BCUT2D eigenvalue weighted by Gasteiger charge is 2.24. The van der Waals surface area contributed by atoms with E-state index in [0.717, 1.165) is 5.56 Å². The number of benzene rings is 2. The standard InChI is InChI=1S/C18H16N2O4/c1-10-3-5-12(6-4-10)16(21)18(23)19-13-7-8-15-14(9-13)20-17(22)11(2)24-15/h3-9,11H,1-2H3,(H,19,23)(H,20,22). The van der Waals surface area contributed by atoms with Crippen molar-refractivity contribution in [1.82, 2.24) is 0 Å². The number of fused-ring (bicyclic) bond motifs is 1. The Hall–Kier alpha value is -3.15. The van der Waals surface area contributed by atoms with Gasteiger partial charge in [-0.1, -0.05) is 29.8 Å². The van der Waals surface area contributed by atoms with Crippen molar-refractivity contribution in [1.29, 1.82) is 0 Å². The third-order valence-corrected chi connectivity index (χ3v) is 3.69. The van der Waals surface area contributed by atoms with Crippen molar-refractivity contribution in [2.24, 2.45) is 0 Å². The number of rotatable bonds is 3. The van der Waals surface area contributed by atoms with Crippen LogP contribution in [0.25, 0.3) is 0 Å². The predicted molar refractivity (Wildman–Crippen MR) is 89.3 cm³/mol. The summed E-state index contributed by atoms with van der Waals surface area (Å²) in [7, 11) is 0. The summed E-state index contributed by atoms with van der Waals surface area (Å²) in [6, 6.07) is 11.6. The third-order valence-electron chi connectivity index (χ3n) is 3.69. The Morgan fingerprint density at radius 1 is 1.12 bits per heavy atom. The number of amides is 2. The minimum atomic E-state index is -0.741. The van der Waals surface area contributed by atoms with Gasteiger partial charge in [0.25, 0.3) is 17.6 Å². The largest absolute Gasteiger partial charge is 0.479 e. The van der Waals surface area contributed by atoms with E-state index in [1.54, 1.807) is 49.4 Å². The van der Waals surface area contributed by atoms with Crippen LogP contribution in [-0.4, -0.2) is 23.7 Å². The van der Waals surface area contributed by atoms with Crippen LogP contribution in [0.5, 0.6) is 5.75 Å². The number of aryl methyl sites for hydroxylation is 1. The van der Waals surface area contributed by atoms with Crippen LogP contribution in [-0.2, 0) is 9.59 Å². The number of carbonyl (C=O) groups excluding carboxylic acids is 3.